The van der Waals surface area contributed by atoms with Crippen molar-refractivity contribution in [2.45, 2.75) is 58.8 Å². The monoisotopic (exact) mass is 426 g/mol. The molecule has 0 heterocycles. The molecule has 6 nitrogen and oxygen atoms in total. The van der Waals surface area contributed by atoms with Gasteiger partial charge in [-0.3, -0.25) is 19.2 Å². The largest absolute Gasteiger partial charge is 0.481 e. The smallest absolute Gasteiger partial charge is 0.306 e. The Kier molecular flexibility index (Phi) is 5.52. The molecule has 4 aliphatic rings. The first-order valence-corrected chi connectivity index (χ1v) is 11.2. The van der Waals surface area contributed by atoms with Crippen molar-refractivity contribution in [1.29, 1.82) is 0 Å². The summed E-state index contributed by atoms with van der Waals surface area (Å²) in [6.07, 6.45) is 11.8. The zero-order valence-electron chi connectivity index (χ0n) is 18.2. The van der Waals surface area contributed by atoms with E-state index in [9.17, 15) is 19.2 Å². The highest BCUT2D eigenvalue weighted by Gasteiger charge is 2.56. The first-order chi connectivity index (χ1) is 14.6. The van der Waals surface area contributed by atoms with Crippen LogP contribution in [0.3, 0.4) is 0 Å². The van der Waals surface area contributed by atoms with Gasteiger partial charge in [-0.1, -0.05) is 30.2 Å². The van der Waals surface area contributed by atoms with E-state index in [1.807, 2.05) is 0 Å². The van der Waals surface area contributed by atoms with Gasteiger partial charge >= 0.3 is 11.9 Å². The predicted octanol–water partition coefficient (Wildman–Crippen LogP) is 3.81. The minimum Gasteiger partial charge on any atom is -0.481 e. The van der Waals surface area contributed by atoms with E-state index in [2.05, 4.69) is 26.0 Å². The standard InChI is InChI=1S/C25H30O6/c1-24-11-9-16(26)13-15(24)3-4-17-18-5-6-20(25(18,2)12-10-19(17)24)21(27)14-31-23(30)8-7-22(28)29/h9-11,13,17-18,20H,3-8,12,14H2,1-2H3,(H,28,29). The maximum Gasteiger partial charge on any atom is 0.306 e. The van der Waals surface area contributed by atoms with Crippen LogP contribution in [0.15, 0.2) is 35.5 Å². The molecular formula is C25H30O6. The third-order valence-corrected chi connectivity index (χ3v) is 8.25. The number of carboxylic acid groups (broad SMARTS) is 1. The summed E-state index contributed by atoms with van der Waals surface area (Å²) >= 11 is 0. The summed E-state index contributed by atoms with van der Waals surface area (Å²) in [5.41, 5.74) is 2.24. The first-order valence-electron chi connectivity index (χ1n) is 11.2. The van der Waals surface area contributed by atoms with Crippen LogP contribution < -0.4 is 0 Å². The summed E-state index contributed by atoms with van der Waals surface area (Å²) in [6, 6.07) is 0. The maximum atomic E-state index is 13.0. The lowest BCUT2D eigenvalue weighted by Gasteiger charge is -2.52. The number of fused-ring (bicyclic) bond motifs is 5. The molecule has 1 N–H and O–H groups in total. The summed E-state index contributed by atoms with van der Waals surface area (Å²) in [4.78, 5) is 47.1. The fraction of sp³-hybridized carbons (Fsp3) is 0.600. The minimum absolute atomic E-state index is 0.0590. The lowest BCUT2D eigenvalue weighted by Crippen LogP contribution is -2.45. The Morgan fingerprint density at radius 3 is 2.68 bits per heavy atom. The number of aliphatic carboxylic acids is 1. The van der Waals surface area contributed by atoms with Crippen LogP contribution in [0.25, 0.3) is 0 Å². The second-order valence-corrected chi connectivity index (χ2v) is 9.88. The number of allylic oxidation sites excluding steroid dienone is 6. The lowest BCUT2D eigenvalue weighted by molar-refractivity contribution is -0.152. The van der Waals surface area contributed by atoms with Gasteiger partial charge in [0, 0.05) is 11.3 Å². The molecule has 0 aromatic heterocycles. The van der Waals surface area contributed by atoms with Crippen molar-refractivity contribution in [1.82, 2.24) is 0 Å². The van der Waals surface area contributed by atoms with E-state index in [1.54, 1.807) is 12.2 Å². The van der Waals surface area contributed by atoms with Gasteiger partial charge in [0.05, 0.1) is 12.8 Å². The van der Waals surface area contributed by atoms with Crippen molar-refractivity contribution in [3.8, 4) is 0 Å². The van der Waals surface area contributed by atoms with E-state index in [0.717, 1.165) is 32.1 Å². The van der Waals surface area contributed by atoms with E-state index >= 15 is 0 Å². The van der Waals surface area contributed by atoms with Crippen LogP contribution in [0.5, 0.6) is 0 Å². The Balaban J connectivity index is 1.48. The molecule has 6 heteroatoms. The van der Waals surface area contributed by atoms with Gasteiger partial charge in [-0.2, -0.15) is 0 Å². The van der Waals surface area contributed by atoms with Crippen LogP contribution in [0.4, 0.5) is 0 Å². The molecule has 5 atom stereocenters. The van der Waals surface area contributed by atoms with E-state index in [1.165, 1.54) is 11.1 Å². The molecule has 0 aromatic rings. The van der Waals surface area contributed by atoms with E-state index < -0.39 is 11.9 Å². The average Bonchev–Trinajstić information content (AvgIpc) is 3.08. The number of ether oxygens (including phenoxy) is 1. The third kappa shape index (κ3) is 3.70. The van der Waals surface area contributed by atoms with Gasteiger partial charge in [0.25, 0.3) is 0 Å². The van der Waals surface area contributed by atoms with Gasteiger partial charge in [0.1, 0.15) is 6.61 Å². The van der Waals surface area contributed by atoms with E-state index in [-0.39, 0.29) is 47.8 Å². The normalized spacial score (nSPS) is 35.9. The Bertz CT molecular complexity index is 924. The van der Waals surface area contributed by atoms with Crippen LogP contribution in [-0.4, -0.2) is 35.2 Å². The molecule has 5 unspecified atom stereocenters. The number of hydrogen-bond acceptors (Lipinski definition) is 5. The fourth-order valence-electron chi connectivity index (χ4n) is 6.58. The number of ketones is 2. The molecule has 0 aliphatic heterocycles. The molecule has 0 radical (unpaired) electrons. The average molecular weight is 427 g/mol. The van der Waals surface area contributed by atoms with Crippen molar-refractivity contribution in [2.24, 2.45) is 28.6 Å². The zero-order chi connectivity index (χ0) is 22.4. The number of esters is 1. The lowest BCUT2D eigenvalue weighted by atomic mass is 9.52. The van der Waals surface area contributed by atoms with Crippen molar-refractivity contribution in [3.05, 3.63) is 35.5 Å². The maximum absolute atomic E-state index is 13.0. The summed E-state index contributed by atoms with van der Waals surface area (Å²) in [7, 11) is 0. The Morgan fingerprint density at radius 2 is 1.94 bits per heavy atom. The van der Waals surface area contributed by atoms with Crippen LogP contribution in [-0.2, 0) is 23.9 Å². The molecule has 31 heavy (non-hydrogen) atoms. The van der Waals surface area contributed by atoms with Crippen LogP contribution in [0.1, 0.15) is 58.8 Å². The zero-order valence-corrected chi connectivity index (χ0v) is 18.2. The van der Waals surface area contributed by atoms with Crippen molar-refractivity contribution in [2.75, 3.05) is 6.61 Å². The highest BCUT2D eigenvalue weighted by molar-refractivity contribution is 6.01. The van der Waals surface area contributed by atoms with Gasteiger partial charge < -0.3 is 9.84 Å². The summed E-state index contributed by atoms with van der Waals surface area (Å²) in [5, 5.41) is 8.67. The molecule has 0 aromatic carbocycles. The molecule has 0 spiro atoms. The van der Waals surface area contributed by atoms with Crippen molar-refractivity contribution >= 4 is 23.5 Å². The van der Waals surface area contributed by atoms with Crippen LogP contribution >= 0.6 is 0 Å². The molecular weight excluding hydrogens is 396 g/mol. The summed E-state index contributed by atoms with van der Waals surface area (Å²) in [6.45, 7) is 4.12. The molecule has 2 saturated carbocycles. The van der Waals surface area contributed by atoms with Gasteiger partial charge in [-0.05, 0) is 68.4 Å². The second kappa shape index (κ2) is 7.88. The van der Waals surface area contributed by atoms with Gasteiger partial charge in [-0.15, -0.1) is 0 Å². The molecule has 166 valence electrons. The Hall–Kier alpha value is -2.50. The third-order valence-electron chi connectivity index (χ3n) is 8.25. The number of Topliss-reactive ketones (excluding diaryl/α,β-unsaturated/α-hetero) is 1. The molecule has 4 aliphatic carbocycles. The van der Waals surface area contributed by atoms with Crippen molar-refractivity contribution in [3.63, 3.8) is 0 Å². The Morgan fingerprint density at radius 1 is 1.16 bits per heavy atom. The highest BCUT2D eigenvalue weighted by Crippen LogP contribution is 2.63. The van der Waals surface area contributed by atoms with Gasteiger partial charge in [0.2, 0.25) is 0 Å². The Labute approximate surface area is 182 Å². The van der Waals surface area contributed by atoms with Crippen LogP contribution in [0, 0.1) is 28.6 Å². The highest BCUT2D eigenvalue weighted by atomic mass is 16.5. The molecule has 0 saturated heterocycles. The second-order valence-electron chi connectivity index (χ2n) is 9.88. The van der Waals surface area contributed by atoms with Crippen LogP contribution in [0.2, 0.25) is 0 Å². The quantitative estimate of drug-likeness (QED) is 0.512. The number of carbonyl (C=O) groups excluding carboxylic acids is 3. The number of carboxylic acids is 1. The fourth-order valence-corrected chi connectivity index (χ4v) is 6.58. The molecule has 2 fully saturated rings. The van der Waals surface area contributed by atoms with Gasteiger partial charge in [-0.25, -0.2) is 0 Å². The van der Waals surface area contributed by atoms with E-state index in [0.29, 0.717) is 11.8 Å². The predicted molar refractivity (Wildman–Crippen MR) is 113 cm³/mol. The van der Waals surface area contributed by atoms with Gasteiger partial charge in [0.15, 0.2) is 11.6 Å². The molecule has 0 bridgehead atoms. The first kappa shape index (κ1) is 21.7. The van der Waals surface area contributed by atoms with E-state index in [4.69, 9.17) is 9.84 Å². The molecule has 0 amide bonds. The summed E-state index contributed by atoms with van der Waals surface area (Å²) in [5.74, 6) is -1.05. The minimum atomic E-state index is -1.06. The number of hydrogen-bond donors (Lipinski definition) is 1. The topological polar surface area (TPSA) is 97.7 Å². The SMILES string of the molecule is CC12C=CC(=O)C=C1CCC1C2=CCC2(C)C(C(=O)COC(=O)CCC(=O)O)CCC12. The number of carbonyl (C=O) groups is 4. The summed E-state index contributed by atoms with van der Waals surface area (Å²) < 4.78 is 5.08. The molecule has 4 rings (SSSR count). The number of rotatable bonds is 6. The van der Waals surface area contributed by atoms with Crippen molar-refractivity contribution < 1.29 is 29.0 Å².